The largest absolute Gasteiger partial charge is 0.477 e. The predicted molar refractivity (Wildman–Crippen MR) is 78.3 cm³/mol. The molecule has 1 aliphatic heterocycles. The number of thiazole rings is 1. The van der Waals surface area contributed by atoms with E-state index in [2.05, 4.69) is 20.6 Å². The van der Waals surface area contributed by atoms with Crippen molar-refractivity contribution in [1.29, 1.82) is 0 Å². The minimum Gasteiger partial charge on any atom is -0.477 e. The van der Waals surface area contributed by atoms with E-state index in [9.17, 15) is 9.59 Å². The smallest absolute Gasteiger partial charge is 0.347 e. The van der Waals surface area contributed by atoms with Crippen molar-refractivity contribution < 1.29 is 14.7 Å². The molecule has 8 nitrogen and oxygen atoms in total. The fraction of sp³-hybridized carbons (Fsp3) is 0.583. The van der Waals surface area contributed by atoms with Crippen LogP contribution in [-0.2, 0) is 6.54 Å². The second-order valence-electron chi connectivity index (χ2n) is 4.91. The fourth-order valence-electron chi connectivity index (χ4n) is 1.98. The molecular formula is C12H19N5O3S. The molecule has 0 spiro atoms. The maximum Gasteiger partial charge on any atom is 0.347 e. The number of carbonyl (C=O) groups excluding carboxylic acids is 1. The van der Waals surface area contributed by atoms with Crippen LogP contribution in [0.15, 0.2) is 0 Å². The summed E-state index contributed by atoms with van der Waals surface area (Å²) in [5.74, 6) is -0.988. The van der Waals surface area contributed by atoms with Crippen molar-refractivity contribution >= 4 is 23.3 Å². The number of aromatic carboxylic acids is 1. The van der Waals surface area contributed by atoms with Gasteiger partial charge in [-0.15, -0.1) is 11.3 Å². The van der Waals surface area contributed by atoms with Crippen molar-refractivity contribution in [3.63, 3.8) is 0 Å². The van der Waals surface area contributed by atoms with Crippen molar-refractivity contribution in [3.8, 4) is 0 Å². The number of piperazine rings is 1. The van der Waals surface area contributed by atoms with E-state index in [0.717, 1.165) is 37.5 Å². The predicted octanol–water partition coefficient (Wildman–Crippen LogP) is 0.111. The summed E-state index contributed by atoms with van der Waals surface area (Å²) in [6.45, 7) is 5.25. The van der Waals surface area contributed by atoms with Gasteiger partial charge in [0, 0.05) is 26.2 Å². The van der Waals surface area contributed by atoms with Crippen molar-refractivity contribution in [2.75, 3.05) is 33.2 Å². The number of hydrazine groups is 1. The molecule has 2 amide bonds. The summed E-state index contributed by atoms with van der Waals surface area (Å²) < 4.78 is 0. The second kappa shape index (κ2) is 6.83. The van der Waals surface area contributed by atoms with Gasteiger partial charge < -0.3 is 15.3 Å². The van der Waals surface area contributed by atoms with Gasteiger partial charge in [-0.2, -0.15) is 0 Å². The molecule has 0 atom stereocenters. The monoisotopic (exact) mass is 313 g/mol. The number of amides is 2. The maximum absolute atomic E-state index is 11.8. The number of carboxylic acids is 1. The van der Waals surface area contributed by atoms with Gasteiger partial charge in [0.1, 0.15) is 9.88 Å². The average Bonchev–Trinajstić information content (AvgIpc) is 2.81. The summed E-state index contributed by atoms with van der Waals surface area (Å²) in [4.78, 5) is 29.2. The number of aryl methyl sites for hydroxylation is 1. The van der Waals surface area contributed by atoms with Gasteiger partial charge in [0.05, 0.1) is 12.2 Å². The molecule has 3 N–H and O–H groups in total. The van der Waals surface area contributed by atoms with Crippen LogP contribution in [0.3, 0.4) is 0 Å². The van der Waals surface area contributed by atoms with Crippen molar-refractivity contribution in [3.05, 3.63) is 15.6 Å². The van der Waals surface area contributed by atoms with Crippen LogP contribution in [0.5, 0.6) is 0 Å². The maximum atomic E-state index is 11.8. The van der Waals surface area contributed by atoms with Crippen LogP contribution in [0, 0.1) is 6.92 Å². The first-order valence-corrected chi connectivity index (χ1v) is 7.45. The average molecular weight is 313 g/mol. The molecule has 0 radical (unpaired) electrons. The summed E-state index contributed by atoms with van der Waals surface area (Å²) in [7, 11) is 2.04. The number of carbonyl (C=O) groups is 2. The third kappa shape index (κ3) is 4.38. The highest BCUT2D eigenvalue weighted by atomic mass is 32.1. The van der Waals surface area contributed by atoms with E-state index in [1.807, 2.05) is 12.1 Å². The van der Waals surface area contributed by atoms with Gasteiger partial charge in [-0.05, 0) is 14.0 Å². The lowest BCUT2D eigenvalue weighted by Gasteiger charge is -2.32. The molecule has 0 unspecified atom stereocenters. The Hall–Kier alpha value is -1.71. The zero-order chi connectivity index (χ0) is 15.4. The quantitative estimate of drug-likeness (QED) is 0.730. The molecular weight excluding hydrogens is 294 g/mol. The second-order valence-corrected chi connectivity index (χ2v) is 6.00. The Morgan fingerprint density at radius 1 is 1.33 bits per heavy atom. The number of nitrogens with zero attached hydrogens (tertiary/aromatic N) is 3. The number of carboxylic acid groups (broad SMARTS) is 1. The van der Waals surface area contributed by atoms with Crippen LogP contribution in [0.2, 0.25) is 0 Å². The number of urea groups is 1. The van der Waals surface area contributed by atoms with E-state index >= 15 is 0 Å². The highest BCUT2D eigenvalue weighted by Crippen LogP contribution is 2.17. The zero-order valence-corrected chi connectivity index (χ0v) is 12.9. The lowest BCUT2D eigenvalue weighted by molar-refractivity contribution is 0.0701. The number of hydrogen-bond donors (Lipinski definition) is 3. The Bertz CT molecular complexity index is 525. The molecule has 9 heteroatoms. The third-order valence-electron chi connectivity index (χ3n) is 3.20. The van der Waals surface area contributed by atoms with Gasteiger partial charge in [-0.1, -0.05) is 0 Å². The van der Waals surface area contributed by atoms with Gasteiger partial charge >= 0.3 is 12.0 Å². The normalized spacial score (nSPS) is 16.7. The minimum absolute atomic E-state index is 0.214. The Balaban J connectivity index is 1.78. The molecule has 2 rings (SSSR count). The van der Waals surface area contributed by atoms with Crippen LogP contribution in [0.1, 0.15) is 20.4 Å². The number of aromatic nitrogens is 1. The van der Waals surface area contributed by atoms with Crippen LogP contribution in [0.25, 0.3) is 0 Å². The molecule has 0 aromatic carbocycles. The van der Waals surface area contributed by atoms with Gasteiger partial charge in [0.2, 0.25) is 0 Å². The highest BCUT2D eigenvalue weighted by Gasteiger charge is 2.17. The Labute approximate surface area is 126 Å². The summed E-state index contributed by atoms with van der Waals surface area (Å²) in [5.41, 5.74) is 3.25. The van der Waals surface area contributed by atoms with Crippen LogP contribution in [0.4, 0.5) is 4.79 Å². The molecule has 1 saturated heterocycles. The Morgan fingerprint density at radius 3 is 2.57 bits per heavy atom. The van der Waals surface area contributed by atoms with E-state index in [1.54, 1.807) is 6.92 Å². The molecule has 0 aliphatic carbocycles. The van der Waals surface area contributed by atoms with E-state index in [-0.39, 0.29) is 17.5 Å². The minimum atomic E-state index is -0.988. The number of likely N-dealkylation sites (N-methyl/N-ethyl adjacent to an activating group) is 1. The molecule has 1 fully saturated rings. The lowest BCUT2D eigenvalue weighted by Crippen LogP contribution is -2.54. The third-order valence-corrected chi connectivity index (χ3v) is 4.34. The molecule has 0 bridgehead atoms. The molecule has 0 saturated carbocycles. The SMILES string of the molecule is Cc1nc(CNC(=O)NN2CCN(C)CC2)sc1C(=O)O. The van der Waals surface area contributed by atoms with Gasteiger partial charge in [0.15, 0.2) is 0 Å². The molecule has 2 heterocycles. The van der Waals surface area contributed by atoms with Crippen molar-refractivity contribution in [2.45, 2.75) is 13.5 Å². The molecule has 116 valence electrons. The Morgan fingerprint density at radius 2 is 2.00 bits per heavy atom. The van der Waals surface area contributed by atoms with E-state index in [0.29, 0.717) is 10.7 Å². The fourth-order valence-corrected chi connectivity index (χ4v) is 2.83. The summed E-state index contributed by atoms with van der Waals surface area (Å²) >= 11 is 1.08. The van der Waals surface area contributed by atoms with Gasteiger partial charge in [-0.3, -0.25) is 5.43 Å². The summed E-state index contributed by atoms with van der Waals surface area (Å²) in [5, 5.41) is 14.1. The van der Waals surface area contributed by atoms with Crippen molar-refractivity contribution in [2.24, 2.45) is 0 Å². The van der Waals surface area contributed by atoms with E-state index in [1.165, 1.54) is 0 Å². The van der Waals surface area contributed by atoms with Crippen LogP contribution < -0.4 is 10.7 Å². The first kappa shape index (κ1) is 15.7. The highest BCUT2D eigenvalue weighted by molar-refractivity contribution is 7.13. The number of hydrogen-bond acceptors (Lipinski definition) is 6. The lowest BCUT2D eigenvalue weighted by atomic mass is 10.4. The van der Waals surface area contributed by atoms with Gasteiger partial charge in [-0.25, -0.2) is 19.6 Å². The van der Waals surface area contributed by atoms with E-state index < -0.39 is 5.97 Å². The zero-order valence-electron chi connectivity index (χ0n) is 12.0. The van der Waals surface area contributed by atoms with Crippen molar-refractivity contribution in [1.82, 2.24) is 25.6 Å². The first-order chi connectivity index (χ1) is 9.95. The molecule has 1 aliphatic rings. The summed E-state index contributed by atoms with van der Waals surface area (Å²) in [6.07, 6.45) is 0. The van der Waals surface area contributed by atoms with Crippen LogP contribution in [-0.4, -0.2) is 65.2 Å². The molecule has 1 aromatic rings. The Kier molecular flexibility index (Phi) is 5.10. The van der Waals surface area contributed by atoms with Gasteiger partial charge in [0.25, 0.3) is 0 Å². The standard InChI is InChI=1S/C12H19N5O3S/c1-8-10(11(18)19)21-9(14-8)7-13-12(20)15-17-5-3-16(2)4-6-17/h3-7H2,1-2H3,(H,18,19)(H2,13,15,20). The molecule has 1 aromatic heterocycles. The first-order valence-electron chi connectivity index (χ1n) is 6.63. The topological polar surface area (TPSA) is 97.8 Å². The number of nitrogens with one attached hydrogen (secondary N) is 2. The van der Waals surface area contributed by atoms with Crippen LogP contribution >= 0.6 is 11.3 Å². The van der Waals surface area contributed by atoms with E-state index in [4.69, 9.17) is 5.11 Å². The molecule has 21 heavy (non-hydrogen) atoms. The number of rotatable bonds is 4. The summed E-state index contributed by atoms with van der Waals surface area (Å²) in [6, 6.07) is -0.302.